The summed E-state index contributed by atoms with van der Waals surface area (Å²) in [6.45, 7) is -0.759. The number of piperidine rings is 1. The van der Waals surface area contributed by atoms with Gasteiger partial charge in [-0.05, 0) is 61.7 Å². The maximum atomic E-state index is 13.4. The Morgan fingerprint density at radius 3 is 2.29 bits per heavy atom. The molecule has 4 rings (SSSR count). The lowest BCUT2D eigenvalue weighted by Gasteiger charge is -2.42. The number of carbonyl (C=O) groups is 1. The number of hydrogen-bond donors (Lipinski definition) is 1. The van der Waals surface area contributed by atoms with Gasteiger partial charge < -0.3 is 19.9 Å². The SMILES string of the molecule is CN1CCC2(CC1)NC(=O)N(Cc1ccc(OC(F)F)cc1)C2Cc1ccc(F)cc1. The van der Waals surface area contributed by atoms with Crippen LogP contribution in [0.15, 0.2) is 48.5 Å². The van der Waals surface area contributed by atoms with Crippen molar-refractivity contribution in [2.24, 2.45) is 0 Å². The van der Waals surface area contributed by atoms with E-state index in [-0.39, 0.29) is 29.2 Å². The average molecular weight is 433 g/mol. The smallest absolute Gasteiger partial charge is 0.387 e. The number of nitrogens with zero attached hydrogens (tertiary/aromatic N) is 2. The van der Waals surface area contributed by atoms with Gasteiger partial charge in [-0.15, -0.1) is 0 Å². The summed E-state index contributed by atoms with van der Waals surface area (Å²) in [6.07, 6.45) is 2.27. The maximum absolute atomic E-state index is 13.4. The summed E-state index contributed by atoms with van der Waals surface area (Å²) in [4.78, 5) is 17.1. The van der Waals surface area contributed by atoms with Crippen LogP contribution in [0.3, 0.4) is 0 Å². The van der Waals surface area contributed by atoms with Crippen LogP contribution in [-0.4, -0.2) is 54.2 Å². The molecule has 5 nitrogen and oxygen atoms in total. The number of urea groups is 1. The van der Waals surface area contributed by atoms with E-state index in [2.05, 4.69) is 22.0 Å². The minimum absolute atomic E-state index is 0.0827. The average Bonchev–Trinajstić information content (AvgIpc) is 2.98. The van der Waals surface area contributed by atoms with Gasteiger partial charge in [0.25, 0.3) is 0 Å². The lowest BCUT2D eigenvalue weighted by molar-refractivity contribution is -0.0498. The van der Waals surface area contributed by atoms with Crippen LogP contribution in [0.25, 0.3) is 0 Å². The molecule has 2 aliphatic rings. The van der Waals surface area contributed by atoms with Gasteiger partial charge in [0.05, 0.1) is 11.6 Å². The molecule has 31 heavy (non-hydrogen) atoms. The van der Waals surface area contributed by atoms with Gasteiger partial charge in [0.1, 0.15) is 11.6 Å². The van der Waals surface area contributed by atoms with Crippen LogP contribution in [-0.2, 0) is 13.0 Å². The van der Waals surface area contributed by atoms with E-state index in [9.17, 15) is 18.0 Å². The third-order valence-corrected chi connectivity index (χ3v) is 6.35. The van der Waals surface area contributed by atoms with Gasteiger partial charge >= 0.3 is 12.6 Å². The molecule has 2 aromatic rings. The second-order valence-electron chi connectivity index (χ2n) is 8.39. The quantitative estimate of drug-likeness (QED) is 0.748. The van der Waals surface area contributed by atoms with Gasteiger partial charge in [0.15, 0.2) is 0 Å². The number of hydrogen-bond acceptors (Lipinski definition) is 3. The highest BCUT2D eigenvalue weighted by molar-refractivity contribution is 5.79. The van der Waals surface area contributed by atoms with E-state index in [1.54, 1.807) is 24.3 Å². The van der Waals surface area contributed by atoms with E-state index in [4.69, 9.17) is 0 Å². The van der Waals surface area contributed by atoms with E-state index < -0.39 is 6.61 Å². The second-order valence-corrected chi connectivity index (χ2v) is 8.39. The normalized spacial score (nSPS) is 21.0. The van der Waals surface area contributed by atoms with Crippen molar-refractivity contribution in [1.29, 1.82) is 0 Å². The first-order chi connectivity index (χ1) is 14.8. The highest BCUT2D eigenvalue weighted by Crippen LogP contribution is 2.36. The summed E-state index contributed by atoms with van der Waals surface area (Å²) in [6, 6.07) is 12.5. The fraction of sp³-hybridized carbons (Fsp3) is 0.435. The Kier molecular flexibility index (Phi) is 6.09. The number of rotatable bonds is 6. The highest BCUT2D eigenvalue weighted by atomic mass is 19.3. The molecule has 2 heterocycles. The van der Waals surface area contributed by atoms with Gasteiger partial charge in [-0.1, -0.05) is 24.3 Å². The number of nitrogens with one attached hydrogen (secondary N) is 1. The zero-order valence-corrected chi connectivity index (χ0v) is 17.4. The number of carbonyl (C=O) groups excluding carboxylic acids is 1. The van der Waals surface area contributed by atoms with Crippen LogP contribution in [0.5, 0.6) is 5.75 Å². The predicted octanol–water partition coefficient (Wildman–Crippen LogP) is 4.03. The largest absolute Gasteiger partial charge is 0.435 e. The van der Waals surface area contributed by atoms with E-state index >= 15 is 0 Å². The molecule has 0 aromatic heterocycles. The first-order valence-electron chi connectivity index (χ1n) is 10.4. The number of benzene rings is 2. The van der Waals surface area contributed by atoms with Crippen molar-refractivity contribution < 1.29 is 22.7 Å². The Balaban J connectivity index is 1.57. The fourth-order valence-electron chi connectivity index (χ4n) is 4.59. The molecule has 2 aromatic carbocycles. The molecular formula is C23H26F3N3O2. The summed E-state index contributed by atoms with van der Waals surface area (Å²) in [5.74, 6) is -0.208. The Morgan fingerprint density at radius 1 is 1.06 bits per heavy atom. The van der Waals surface area contributed by atoms with E-state index in [0.717, 1.165) is 37.1 Å². The van der Waals surface area contributed by atoms with Crippen LogP contribution in [0.4, 0.5) is 18.0 Å². The molecule has 0 saturated carbocycles. The van der Waals surface area contributed by atoms with E-state index in [1.165, 1.54) is 24.3 Å². The highest BCUT2D eigenvalue weighted by Gasteiger charge is 2.51. The molecule has 2 saturated heterocycles. The maximum Gasteiger partial charge on any atom is 0.387 e. The first-order valence-corrected chi connectivity index (χ1v) is 10.4. The molecule has 8 heteroatoms. The Bertz CT molecular complexity index is 897. The molecule has 1 atom stereocenters. The van der Waals surface area contributed by atoms with Crippen molar-refractivity contribution in [3.63, 3.8) is 0 Å². The number of alkyl halides is 2. The van der Waals surface area contributed by atoms with Crippen LogP contribution >= 0.6 is 0 Å². The number of halogens is 3. The summed E-state index contributed by atoms with van der Waals surface area (Å²) >= 11 is 0. The van der Waals surface area contributed by atoms with E-state index in [1.807, 2.05) is 4.90 Å². The third kappa shape index (κ3) is 4.79. The van der Waals surface area contributed by atoms with Crippen molar-refractivity contribution in [1.82, 2.24) is 15.1 Å². The first kappa shape index (κ1) is 21.5. The van der Waals surface area contributed by atoms with Gasteiger partial charge in [0, 0.05) is 19.6 Å². The van der Waals surface area contributed by atoms with Crippen LogP contribution in [0.2, 0.25) is 0 Å². The number of ether oxygens (including phenoxy) is 1. The molecule has 2 amide bonds. The van der Waals surface area contributed by atoms with Gasteiger partial charge in [-0.2, -0.15) is 8.78 Å². The zero-order chi connectivity index (χ0) is 22.0. The second kappa shape index (κ2) is 8.78. The lowest BCUT2D eigenvalue weighted by Crippen LogP contribution is -2.56. The standard InChI is InChI=1S/C23H26F3N3O2/c1-28-12-10-23(11-13-28)20(14-16-2-6-18(24)7-3-16)29(22(30)27-23)15-17-4-8-19(9-5-17)31-21(25)26/h2-9,20-21H,10-15H2,1H3,(H,27,30). The fourth-order valence-corrected chi connectivity index (χ4v) is 4.59. The van der Waals surface area contributed by atoms with Crippen LogP contribution < -0.4 is 10.1 Å². The predicted molar refractivity (Wildman–Crippen MR) is 111 cm³/mol. The Labute approximate surface area is 179 Å². The molecule has 0 aliphatic carbocycles. The third-order valence-electron chi connectivity index (χ3n) is 6.35. The van der Waals surface area contributed by atoms with Crippen molar-refractivity contribution >= 4 is 6.03 Å². The molecule has 0 bridgehead atoms. The van der Waals surface area contributed by atoms with Crippen LogP contribution in [0.1, 0.15) is 24.0 Å². The molecule has 1 unspecified atom stereocenters. The van der Waals surface area contributed by atoms with Gasteiger partial charge in [-0.3, -0.25) is 0 Å². The molecule has 2 aliphatic heterocycles. The van der Waals surface area contributed by atoms with Crippen molar-refractivity contribution in [2.75, 3.05) is 20.1 Å². The van der Waals surface area contributed by atoms with Gasteiger partial charge in [-0.25, -0.2) is 9.18 Å². The van der Waals surface area contributed by atoms with Gasteiger partial charge in [0.2, 0.25) is 0 Å². The monoisotopic (exact) mass is 433 g/mol. The van der Waals surface area contributed by atoms with Crippen LogP contribution in [0, 0.1) is 5.82 Å². The van der Waals surface area contributed by atoms with Crippen molar-refractivity contribution in [3.05, 3.63) is 65.5 Å². The molecule has 166 valence electrons. The Hall–Kier alpha value is -2.74. The van der Waals surface area contributed by atoms with Crippen molar-refractivity contribution in [2.45, 2.75) is 44.0 Å². The summed E-state index contributed by atoms with van der Waals surface area (Å²) in [7, 11) is 2.07. The summed E-state index contributed by atoms with van der Waals surface area (Å²) in [5, 5.41) is 3.24. The number of likely N-dealkylation sites (tertiary alicyclic amines) is 1. The summed E-state index contributed by atoms with van der Waals surface area (Å²) < 4.78 is 42.6. The topological polar surface area (TPSA) is 44.8 Å². The summed E-state index contributed by atoms with van der Waals surface area (Å²) in [5.41, 5.74) is 1.44. The Morgan fingerprint density at radius 2 is 1.68 bits per heavy atom. The molecule has 2 fully saturated rings. The molecule has 0 radical (unpaired) electrons. The minimum atomic E-state index is -2.88. The molecule has 1 N–H and O–H groups in total. The van der Waals surface area contributed by atoms with Crippen molar-refractivity contribution in [3.8, 4) is 5.75 Å². The zero-order valence-electron chi connectivity index (χ0n) is 17.4. The van der Waals surface area contributed by atoms with E-state index in [0.29, 0.717) is 13.0 Å². The minimum Gasteiger partial charge on any atom is -0.435 e. The lowest BCUT2D eigenvalue weighted by atomic mass is 9.79. The number of amides is 2. The molecular weight excluding hydrogens is 407 g/mol. The molecule has 1 spiro atoms.